The molecule has 2 heterocycles. The summed E-state index contributed by atoms with van der Waals surface area (Å²) in [5.74, 6) is 2.00. The Morgan fingerprint density at radius 3 is 1.63 bits per heavy atom. The second-order valence-corrected chi connectivity index (χ2v) is 10.1. The molecule has 0 aliphatic carbocycles. The molecule has 0 bridgehead atoms. The average molecular weight is 486 g/mol. The largest absolute Gasteiger partial charge is 0.368 e. The summed E-state index contributed by atoms with van der Waals surface area (Å²) in [6, 6.07) is 0. The van der Waals surface area contributed by atoms with Crippen LogP contribution in [0.2, 0.25) is 0 Å². The van der Waals surface area contributed by atoms with Crippen LogP contribution >= 0.6 is 0 Å². The molecule has 2 rings (SSSR count). The molecule has 0 aliphatic heterocycles. The summed E-state index contributed by atoms with van der Waals surface area (Å²) in [6.45, 7) is 4.47. The first-order chi connectivity index (χ1) is 17.1. The van der Waals surface area contributed by atoms with Gasteiger partial charge in [0.25, 0.3) is 0 Å². The number of nitrogens with zero attached hydrogens (tertiary/aromatic N) is 4. The number of nitrogens with two attached hydrogens (primary N) is 2. The van der Waals surface area contributed by atoms with E-state index in [9.17, 15) is 0 Å². The molecule has 0 saturated heterocycles. The molecule has 7 heteroatoms. The molecule has 1 atom stereocenters. The van der Waals surface area contributed by atoms with Gasteiger partial charge < -0.3 is 16.5 Å². The number of anilines is 2. The lowest BCUT2D eigenvalue weighted by molar-refractivity contribution is 0.531. The molecule has 0 spiro atoms. The Balaban J connectivity index is 1.58. The number of nitrogens with one attached hydrogen (secondary N) is 1. The van der Waals surface area contributed by atoms with Crippen LogP contribution in [-0.4, -0.2) is 24.9 Å². The highest BCUT2D eigenvalue weighted by atomic mass is 15.1. The van der Waals surface area contributed by atoms with E-state index in [1.54, 1.807) is 0 Å². The van der Waals surface area contributed by atoms with Crippen molar-refractivity contribution in [3.8, 4) is 0 Å². The van der Waals surface area contributed by atoms with Gasteiger partial charge in [0.2, 0.25) is 11.9 Å². The van der Waals surface area contributed by atoms with Crippen LogP contribution in [0, 0.1) is 0 Å². The fourth-order valence-corrected chi connectivity index (χ4v) is 4.75. The first-order valence-corrected chi connectivity index (χ1v) is 14.4. The fraction of sp³-hybridized carbons (Fsp3) is 0.786. The number of unbranched alkanes of at least 4 members (excludes halogenated alkanes) is 15. The van der Waals surface area contributed by atoms with Gasteiger partial charge in [-0.1, -0.05) is 117 Å². The number of aromatic amines is 1. The molecule has 0 fully saturated rings. The topological polar surface area (TPSA) is 119 Å². The molecule has 35 heavy (non-hydrogen) atoms. The van der Waals surface area contributed by atoms with Gasteiger partial charge in [0, 0.05) is 12.6 Å². The molecule has 1 unspecified atom stereocenters. The molecule has 0 aliphatic rings. The molecule has 7 nitrogen and oxygen atoms in total. The molecule has 5 N–H and O–H groups in total. The third kappa shape index (κ3) is 12.4. The predicted octanol–water partition coefficient (Wildman–Crippen LogP) is 7.50. The van der Waals surface area contributed by atoms with E-state index in [0.717, 1.165) is 37.2 Å². The number of aryl methyl sites for hydroxylation is 1. The summed E-state index contributed by atoms with van der Waals surface area (Å²) in [6.07, 6.45) is 26.8. The number of hydrogen-bond acceptors (Lipinski definition) is 6. The van der Waals surface area contributed by atoms with Crippen molar-refractivity contribution in [2.45, 2.75) is 142 Å². The van der Waals surface area contributed by atoms with Crippen LogP contribution in [0.5, 0.6) is 0 Å². The zero-order valence-electron chi connectivity index (χ0n) is 22.5. The Morgan fingerprint density at radius 2 is 1.11 bits per heavy atom. The number of imidazole rings is 1. The number of H-pyrrole nitrogens is 1. The monoisotopic (exact) mass is 485 g/mol. The minimum absolute atomic E-state index is 0.00592. The highest BCUT2D eigenvalue weighted by molar-refractivity contribution is 5.29. The lowest BCUT2D eigenvalue weighted by Crippen LogP contribution is -2.12. The van der Waals surface area contributed by atoms with E-state index in [2.05, 4.69) is 33.8 Å². The lowest BCUT2D eigenvalue weighted by Gasteiger charge is -2.13. The second kappa shape index (κ2) is 18.1. The van der Waals surface area contributed by atoms with E-state index in [1.165, 1.54) is 96.3 Å². The first-order valence-electron chi connectivity index (χ1n) is 14.4. The smallest absolute Gasteiger partial charge is 0.225 e. The summed E-state index contributed by atoms with van der Waals surface area (Å²) in [7, 11) is 0. The van der Waals surface area contributed by atoms with Crippen molar-refractivity contribution in [3.05, 3.63) is 23.5 Å². The predicted molar refractivity (Wildman–Crippen MR) is 147 cm³/mol. The molecular formula is C28H51N7. The van der Waals surface area contributed by atoms with Crippen molar-refractivity contribution >= 4 is 11.9 Å². The normalized spacial score (nSPS) is 12.3. The molecule has 0 radical (unpaired) electrons. The SMILES string of the molecule is CCCCCCCCCCCCCCCCCc1nc(C(CCCC)c2nc(N)nc(N)n2)c[nH]1. The van der Waals surface area contributed by atoms with Gasteiger partial charge in [0.05, 0.1) is 11.6 Å². The molecule has 2 aromatic heterocycles. The van der Waals surface area contributed by atoms with Gasteiger partial charge in [-0.25, -0.2) is 4.98 Å². The van der Waals surface area contributed by atoms with Gasteiger partial charge in [0.15, 0.2) is 0 Å². The van der Waals surface area contributed by atoms with Crippen LogP contribution in [-0.2, 0) is 6.42 Å². The Morgan fingerprint density at radius 1 is 0.629 bits per heavy atom. The van der Waals surface area contributed by atoms with E-state index in [-0.39, 0.29) is 17.8 Å². The van der Waals surface area contributed by atoms with Crippen molar-refractivity contribution < 1.29 is 0 Å². The molecule has 0 saturated carbocycles. The number of nitrogen functional groups attached to an aromatic ring is 2. The summed E-state index contributed by atoms with van der Waals surface area (Å²) in [5.41, 5.74) is 12.6. The minimum atomic E-state index is -0.00592. The van der Waals surface area contributed by atoms with Crippen LogP contribution in [0.25, 0.3) is 0 Å². The maximum atomic E-state index is 5.81. The van der Waals surface area contributed by atoms with Gasteiger partial charge in [-0.05, 0) is 12.8 Å². The molecule has 0 aromatic carbocycles. The lowest BCUT2D eigenvalue weighted by atomic mass is 9.98. The molecule has 0 amide bonds. The summed E-state index contributed by atoms with van der Waals surface area (Å²) >= 11 is 0. The van der Waals surface area contributed by atoms with E-state index in [4.69, 9.17) is 16.5 Å². The van der Waals surface area contributed by atoms with Crippen LogP contribution in [0.1, 0.15) is 153 Å². The highest BCUT2D eigenvalue weighted by Crippen LogP contribution is 2.27. The Hall–Kier alpha value is -2.18. The molecular weight excluding hydrogens is 434 g/mol. The van der Waals surface area contributed by atoms with Crippen molar-refractivity contribution in [1.82, 2.24) is 24.9 Å². The standard InChI is InChI=1S/C28H51N7/c1-3-5-7-8-9-10-11-12-13-14-15-16-17-18-19-21-25-31-22-24(32-25)23(20-6-4-2)26-33-27(29)35-28(30)34-26/h22-23H,3-21H2,1-2H3,(H,31,32)(H4,29,30,33,34,35). The maximum absolute atomic E-state index is 5.81. The van der Waals surface area contributed by atoms with E-state index < -0.39 is 0 Å². The summed E-state index contributed by atoms with van der Waals surface area (Å²) in [5, 5.41) is 0. The third-order valence-corrected chi connectivity index (χ3v) is 6.87. The minimum Gasteiger partial charge on any atom is -0.368 e. The number of aromatic nitrogens is 5. The van der Waals surface area contributed by atoms with E-state index in [1.807, 2.05) is 6.20 Å². The second-order valence-electron chi connectivity index (χ2n) is 10.1. The Bertz CT molecular complexity index is 769. The van der Waals surface area contributed by atoms with Crippen LogP contribution in [0.15, 0.2) is 6.20 Å². The van der Waals surface area contributed by atoms with Crippen LogP contribution < -0.4 is 11.5 Å². The van der Waals surface area contributed by atoms with Crippen molar-refractivity contribution in [2.24, 2.45) is 0 Å². The fourth-order valence-electron chi connectivity index (χ4n) is 4.75. The zero-order chi connectivity index (χ0) is 25.1. The number of hydrogen-bond donors (Lipinski definition) is 3. The van der Waals surface area contributed by atoms with Crippen LogP contribution in [0.4, 0.5) is 11.9 Å². The third-order valence-electron chi connectivity index (χ3n) is 6.87. The molecule has 2 aromatic rings. The van der Waals surface area contributed by atoms with Gasteiger partial charge in [-0.15, -0.1) is 0 Å². The van der Waals surface area contributed by atoms with Gasteiger partial charge >= 0.3 is 0 Å². The summed E-state index contributed by atoms with van der Waals surface area (Å²) in [4.78, 5) is 20.8. The maximum Gasteiger partial charge on any atom is 0.225 e. The van der Waals surface area contributed by atoms with E-state index in [0.29, 0.717) is 5.82 Å². The highest BCUT2D eigenvalue weighted by Gasteiger charge is 2.21. The average Bonchev–Trinajstić information content (AvgIpc) is 3.30. The quantitative estimate of drug-likeness (QED) is 0.157. The van der Waals surface area contributed by atoms with Crippen molar-refractivity contribution in [3.63, 3.8) is 0 Å². The first kappa shape index (κ1) is 29.1. The van der Waals surface area contributed by atoms with Gasteiger partial charge in [0.1, 0.15) is 11.6 Å². The Kier molecular flexibility index (Phi) is 15.1. The van der Waals surface area contributed by atoms with Gasteiger partial charge in [-0.3, -0.25) is 0 Å². The Labute approximate surface area is 213 Å². The van der Waals surface area contributed by atoms with Crippen molar-refractivity contribution in [1.29, 1.82) is 0 Å². The zero-order valence-corrected chi connectivity index (χ0v) is 22.5. The van der Waals surface area contributed by atoms with Gasteiger partial charge in [-0.2, -0.15) is 15.0 Å². The van der Waals surface area contributed by atoms with E-state index >= 15 is 0 Å². The molecule has 198 valence electrons. The summed E-state index contributed by atoms with van der Waals surface area (Å²) < 4.78 is 0. The van der Waals surface area contributed by atoms with Crippen molar-refractivity contribution in [2.75, 3.05) is 11.5 Å². The number of rotatable bonds is 21. The van der Waals surface area contributed by atoms with Crippen LogP contribution in [0.3, 0.4) is 0 Å².